The molecule has 0 amide bonds. The van der Waals surface area contributed by atoms with Gasteiger partial charge in [-0.2, -0.15) is 5.10 Å². The summed E-state index contributed by atoms with van der Waals surface area (Å²) >= 11 is 0. The van der Waals surface area contributed by atoms with Crippen LogP contribution < -0.4 is 5.32 Å². The van der Waals surface area contributed by atoms with Gasteiger partial charge in [-0.05, 0) is 43.7 Å². The lowest BCUT2D eigenvalue weighted by Crippen LogP contribution is -2.30. The summed E-state index contributed by atoms with van der Waals surface area (Å²) in [5.41, 5.74) is 3.04. The Morgan fingerprint density at radius 2 is 2.20 bits per heavy atom. The van der Waals surface area contributed by atoms with Gasteiger partial charge in [-0.25, -0.2) is 0 Å². The lowest BCUT2D eigenvalue weighted by atomic mass is 9.92. The van der Waals surface area contributed by atoms with Crippen molar-refractivity contribution in [2.75, 3.05) is 13.1 Å². The molecule has 1 aromatic heterocycles. The molecule has 1 atom stereocenters. The zero-order valence-corrected chi connectivity index (χ0v) is 9.37. The minimum Gasteiger partial charge on any atom is -0.316 e. The van der Waals surface area contributed by atoms with Crippen LogP contribution in [0.2, 0.25) is 0 Å². The second kappa shape index (κ2) is 3.63. The highest BCUT2D eigenvalue weighted by atomic mass is 15.3. The minimum atomic E-state index is 0.696. The Morgan fingerprint density at radius 1 is 1.33 bits per heavy atom. The third kappa shape index (κ3) is 1.69. The largest absolute Gasteiger partial charge is 0.316 e. The number of nitrogens with zero attached hydrogens (tertiary/aromatic N) is 2. The molecule has 1 unspecified atom stereocenters. The van der Waals surface area contributed by atoms with Crippen LogP contribution in [-0.2, 0) is 7.05 Å². The molecule has 1 N–H and O–H groups in total. The van der Waals surface area contributed by atoms with E-state index < -0.39 is 0 Å². The summed E-state index contributed by atoms with van der Waals surface area (Å²) in [5.74, 6) is 1.53. The van der Waals surface area contributed by atoms with E-state index in [2.05, 4.69) is 28.3 Å². The van der Waals surface area contributed by atoms with E-state index in [0.29, 0.717) is 5.92 Å². The third-order valence-electron chi connectivity index (χ3n) is 3.72. The number of aryl methyl sites for hydroxylation is 1. The van der Waals surface area contributed by atoms with Gasteiger partial charge < -0.3 is 5.32 Å². The van der Waals surface area contributed by atoms with Gasteiger partial charge in [0.2, 0.25) is 0 Å². The van der Waals surface area contributed by atoms with Gasteiger partial charge in [0, 0.05) is 25.2 Å². The van der Waals surface area contributed by atoms with Crippen molar-refractivity contribution in [1.29, 1.82) is 0 Å². The summed E-state index contributed by atoms with van der Waals surface area (Å²) in [6.45, 7) is 2.33. The Morgan fingerprint density at radius 3 is 2.87 bits per heavy atom. The molecule has 0 radical (unpaired) electrons. The smallest absolute Gasteiger partial charge is 0.0527 e. The van der Waals surface area contributed by atoms with Crippen molar-refractivity contribution in [2.24, 2.45) is 7.05 Å². The lowest BCUT2D eigenvalue weighted by Gasteiger charge is -2.24. The topological polar surface area (TPSA) is 29.9 Å². The number of rotatable bonds is 2. The highest BCUT2D eigenvalue weighted by Crippen LogP contribution is 2.43. The molecule has 2 heterocycles. The molecule has 82 valence electrons. The normalized spacial score (nSPS) is 26.9. The van der Waals surface area contributed by atoms with Gasteiger partial charge in [0.25, 0.3) is 0 Å². The van der Waals surface area contributed by atoms with E-state index in [0.717, 1.165) is 12.5 Å². The maximum absolute atomic E-state index is 4.44. The molecule has 3 nitrogen and oxygen atoms in total. The summed E-state index contributed by atoms with van der Waals surface area (Å²) in [4.78, 5) is 0. The van der Waals surface area contributed by atoms with Crippen LogP contribution in [0.25, 0.3) is 0 Å². The molecule has 3 heteroatoms. The lowest BCUT2D eigenvalue weighted by molar-refractivity contribution is 0.439. The molecule has 0 bridgehead atoms. The van der Waals surface area contributed by atoms with Gasteiger partial charge in [0.05, 0.1) is 6.20 Å². The van der Waals surface area contributed by atoms with Gasteiger partial charge in [0.15, 0.2) is 0 Å². The Kier molecular flexibility index (Phi) is 2.28. The molecule has 1 saturated carbocycles. The fraction of sp³-hybridized carbons (Fsp3) is 0.750. The summed E-state index contributed by atoms with van der Waals surface area (Å²) in [5, 5.41) is 7.94. The number of hydrogen-bond acceptors (Lipinski definition) is 2. The molecule has 2 fully saturated rings. The molecule has 3 rings (SSSR count). The molecule has 1 saturated heterocycles. The van der Waals surface area contributed by atoms with Crippen LogP contribution in [0.3, 0.4) is 0 Å². The first-order valence-corrected chi connectivity index (χ1v) is 6.09. The van der Waals surface area contributed by atoms with Crippen molar-refractivity contribution in [3.8, 4) is 0 Å². The summed E-state index contributed by atoms with van der Waals surface area (Å²) in [7, 11) is 2.09. The second-order valence-electron chi connectivity index (χ2n) is 4.93. The fourth-order valence-corrected chi connectivity index (χ4v) is 2.76. The average Bonchev–Trinajstić information content (AvgIpc) is 3.04. The van der Waals surface area contributed by atoms with Crippen molar-refractivity contribution in [3.63, 3.8) is 0 Å². The van der Waals surface area contributed by atoms with Crippen molar-refractivity contribution < 1.29 is 0 Å². The number of nitrogens with one attached hydrogen (secondary N) is 1. The van der Waals surface area contributed by atoms with Crippen LogP contribution >= 0.6 is 0 Å². The van der Waals surface area contributed by atoms with E-state index in [1.807, 2.05) is 0 Å². The summed E-state index contributed by atoms with van der Waals surface area (Å²) in [6, 6.07) is 0. The van der Waals surface area contributed by atoms with Crippen molar-refractivity contribution in [2.45, 2.75) is 37.5 Å². The molecular weight excluding hydrogens is 186 g/mol. The van der Waals surface area contributed by atoms with Gasteiger partial charge in [0.1, 0.15) is 0 Å². The molecule has 0 spiro atoms. The fourth-order valence-electron chi connectivity index (χ4n) is 2.76. The predicted molar refractivity (Wildman–Crippen MR) is 60.0 cm³/mol. The van der Waals surface area contributed by atoms with Crippen molar-refractivity contribution in [1.82, 2.24) is 15.1 Å². The standard InChI is InChI=1S/C12H19N3/c1-15-12(10-3-2-6-13-7-10)11(8-14-15)9-4-5-9/h8-10,13H,2-7H2,1H3. The van der Waals surface area contributed by atoms with Crippen LogP contribution in [0.15, 0.2) is 6.20 Å². The Bertz CT molecular complexity index is 346. The van der Waals surface area contributed by atoms with Crippen LogP contribution in [-0.4, -0.2) is 22.9 Å². The number of hydrogen-bond donors (Lipinski definition) is 1. The quantitative estimate of drug-likeness (QED) is 0.797. The average molecular weight is 205 g/mol. The molecule has 15 heavy (non-hydrogen) atoms. The van der Waals surface area contributed by atoms with E-state index in [9.17, 15) is 0 Å². The first-order valence-electron chi connectivity index (χ1n) is 6.09. The third-order valence-corrected chi connectivity index (χ3v) is 3.72. The van der Waals surface area contributed by atoms with Crippen LogP contribution in [0, 0.1) is 0 Å². The SMILES string of the molecule is Cn1ncc(C2CC2)c1C1CCCNC1. The number of aromatic nitrogens is 2. The van der Waals surface area contributed by atoms with E-state index in [1.54, 1.807) is 0 Å². The maximum Gasteiger partial charge on any atom is 0.0527 e. The molecule has 1 aromatic rings. The van der Waals surface area contributed by atoms with E-state index in [4.69, 9.17) is 0 Å². The highest BCUT2D eigenvalue weighted by molar-refractivity contribution is 5.29. The highest BCUT2D eigenvalue weighted by Gasteiger charge is 2.31. The zero-order valence-electron chi connectivity index (χ0n) is 9.37. The molecule has 0 aromatic carbocycles. The Labute approximate surface area is 90.9 Å². The number of piperidine rings is 1. The summed E-state index contributed by atoms with van der Waals surface area (Å²) in [6.07, 6.45) is 7.48. The monoisotopic (exact) mass is 205 g/mol. The van der Waals surface area contributed by atoms with Gasteiger partial charge >= 0.3 is 0 Å². The molecule has 1 aliphatic carbocycles. The molecule has 1 aliphatic heterocycles. The second-order valence-corrected chi connectivity index (χ2v) is 4.93. The van der Waals surface area contributed by atoms with Crippen molar-refractivity contribution in [3.05, 3.63) is 17.5 Å². The Balaban J connectivity index is 1.90. The van der Waals surface area contributed by atoms with Crippen LogP contribution in [0.4, 0.5) is 0 Å². The predicted octanol–water partition coefficient (Wildman–Crippen LogP) is 1.76. The zero-order chi connectivity index (χ0) is 10.3. The summed E-state index contributed by atoms with van der Waals surface area (Å²) < 4.78 is 2.10. The first kappa shape index (κ1) is 9.40. The van der Waals surface area contributed by atoms with Crippen LogP contribution in [0.1, 0.15) is 48.8 Å². The van der Waals surface area contributed by atoms with Gasteiger partial charge in [-0.1, -0.05) is 0 Å². The molecular formula is C12H19N3. The maximum atomic E-state index is 4.44. The van der Waals surface area contributed by atoms with E-state index >= 15 is 0 Å². The van der Waals surface area contributed by atoms with E-state index in [-0.39, 0.29) is 0 Å². The van der Waals surface area contributed by atoms with Gasteiger partial charge in [-0.3, -0.25) is 4.68 Å². The van der Waals surface area contributed by atoms with Gasteiger partial charge in [-0.15, -0.1) is 0 Å². The Hall–Kier alpha value is -0.830. The minimum absolute atomic E-state index is 0.696. The van der Waals surface area contributed by atoms with Crippen LogP contribution in [0.5, 0.6) is 0 Å². The first-order chi connectivity index (χ1) is 7.36. The van der Waals surface area contributed by atoms with Crippen molar-refractivity contribution >= 4 is 0 Å². The van der Waals surface area contributed by atoms with E-state index in [1.165, 1.54) is 43.5 Å². The molecule has 2 aliphatic rings.